The number of nitrogens with two attached hydrogens (primary N) is 2. The first kappa shape index (κ1) is 34.0. The molecule has 0 radical (unpaired) electrons. The second-order valence-corrected chi connectivity index (χ2v) is 9.97. The Kier molecular flexibility index (Phi) is 16.5. The number of aliphatic imine (C=N–C) groups is 1. The van der Waals surface area contributed by atoms with Crippen LogP contribution in [-0.2, 0) is 14.8 Å². The molecule has 9 nitrogen and oxygen atoms in total. The molecular formula is C25H44ClN5O4S. The fourth-order valence-electron chi connectivity index (χ4n) is 3.62. The number of aliphatic hydroxyl groups excluding tert-OH is 1. The van der Waals surface area contributed by atoms with Gasteiger partial charge in [0.15, 0.2) is 11.8 Å². The summed E-state index contributed by atoms with van der Waals surface area (Å²) in [5.41, 5.74) is 11.0. The summed E-state index contributed by atoms with van der Waals surface area (Å²) in [6, 6.07) is 4.56. The Morgan fingerprint density at radius 2 is 1.81 bits per heavy atom. The van der Waals surface area contributed by atoms with Gasteiger partial charge in [0.25, 0.3) is 0 Å². The van der Waals surface area contributed by atoms with Crippen molar-refractivity contribution in [2.24, 2.45) is 16.5 Å². The van der Waals surface area contributed by atoms with Crippen LogP contribution in [0.1, 0.15) is 67.2 Å². The number of rotatable bonds is 6. The summed E-state index contributed by atoms with van der Waals surface area (Å²) in [5, 5.41) is 8.49. The number of halogens is 1. The molecular weight excluding hydrogens is 502 g/mol. The van der Waals surface area contributed by atoms with Crippen LogP contribution in [0.4, 0.5) is 5.82 Å². The van der Waals surface area contributed by atoms with Crippen molar-refractivity contribution in [3.05, 3.63) is 29.4 Å². The topological polar surface area (TPSA) is 144 Å². The summed E-state index contributed by atoms with van der Waals surface area (Å²) < 4.78 is 34.5. The van der Waals surface area contributed by atoms with Crippen LogP contribution in [0.2, 0.25) is 5.02 Å². The molecule has 1 fully saturated rings. The zero-order chi connectivity index (χ0) is 27.9. The average Bonchev–Trinajstić information content (AvgIpc) is 3.14. The molecule has 1 aliphatic heterocycles. The van der Waals surface area contributed by atoms with Gasteiger partial charge < -0.3 is 21.3 Å². The minimum atomic E-state index is -3.76. The number of aliphatic hydroxyl groups is 1. The Balaban J connectivity index is 0.00000190. The van der Waals surface area contributed by atoms with E-state index in [1.165, 1.54) is 12.3 Å². The van der Waals surface area contributed by atoms with Gasteiger partial charge in [-0.05, 0) is 38.8 Å². The van der Waals surface area contributed by atoms with Crippen molar-refractivity contribution in [1.82, 2.24) is 9.29 Å². The molecule has 1 atom stereocenters. The van der Waals surface area contributed by atoms with Gasteiger partial charge in [0.05, 0.1) is 22.6 Å². The molecule has 0 bridgehead atoms. The number of aromatic nitrogens is 1. The zero-order valence-corrected chi connectivity index (χ0v) is 24.2. The van der Waals surface area contributed by atoms with E-state index >= 15 is 0 Å². The molecule has 5 N–H and O–H groups in total. The van der Waals surface area contributed by atoms with Gasteiger partial charge in [0.2, 0.25) is 10.0 Å². The minimum absolute atomic E-state index is 0.0360. The number of guanidine groups is 1. The first-order valence-electron chi connectivity index (χ1n) is 12.5. The van der Waals surface area contributed by atoms with Crippen molar-refractivity contribution >= 4 is 44.2 Å². The number of hydrogen-bond donors (Lipinski definition) is 3. The van der Waals surface area contributed by atoms with E-state index in [2.05, 4.69) is 9.98 Å². The normalized spacial score (nSPS) is 15.9. The van der Waals surface area contributed by atoms with E-state index in [4.69, 9.17) is 32.9 Å². The Hall–Kier alpha value is -1.98. The molecule has 2 aromatic rings. The fraction of sp³-hybridized carbons (Fsp3) is 0.600. The highest BCUT2D eigenvalue weighted by Crippen LogP contribution is 2.33. The maximum Gasteiger partial charge on any atom is 0.243 e. The molecule has 1 aromatic carbocycles. The molecule has 0 amide bonds. The highest BCUT2D eigenvalue weighted by atomic mass is 35.5. The molecule has 1 aromatic heterocycles. The molecule has 0 spiro atoms. The fourth-order valence-corrected chi connectivity index (χ4v) is 5.54. The van der Waals surface area contributed by atoms with E-state index in [0.717, 1.165) is 32.8 Å². The molecule has 11 heteroatoms. The summed E-state index contributed by atoms with van der Waals surface area (Å²) >= 11 is 6.25. The molecule has 36 heavy (non-hydrogen) atoms. The van der Waals surface area contributed by atoms with Crippen LogP contribution in [0, 0.1) is 0 Å². The van der Waals surface area contributed by atoms with E-state index in [-0.39, 0.29) is 28.8 Å². The van der Waals surface area contributed by atoms with Crippen LogP contribution in [0.3, 0.4) is 0 Å². The summed E-state index contributed by atoms with van der Waals surface area (Å²) in [4.78, 5) is 8.33. The Morgan fingerprint density at radius 3 is 2.39 bits per heavy atom. The number of ether oxygens (including phenoxy) is 1. The lowest BCUT2D eigenvalue weighted by atomic mass is 10.1. The Bertz CT molecular complexity index is 1040. The van der Waals surface area contributed by atoms with Gasteiger partial charge in [-0.2, -0.15) is 9.30 Å². The average molecular weight is 546 g/mol. The molecule has 3 rings (SSSR count). The van der Waals surface area contributed by atoms with Gasteiger partial charge >= 0.3 is 0 Å². The van der Waals surface area contributed by atoms with Crippen molar-refractivity contribution in [2.45, 2.75) is 84.3 Å². The van der Waals surface area contributed by atoms with E-state index in [9.17, 15) is 8.42 Å². The summed E-state index contributed by atoms with van der Waals surface area (Å²) in [6.07, 6.45) is 5.03. The SMILES string of the molecule is CC.CC.CC(C)OC[C@H]1CCCCCN1S(=O)(=O)c1ccc2c(Cl)cnc(N=C(N)N)c2c1.CO. The third-order valence-corrected chi connectivity index (χ3v) is 7.33. The summed E-state index contributed by atoms with van der Waals surface area (Å²) in [6.45, 7) is 12.7. The molecule has 1 aliphatic rings. The summed E-state index contributed by atoms with van der Waals surface area (Å²) in [5.74, 6) is 0.0554. The van der Waals surface area contributed by atoms with Gasteiger partial charge in [-0.3, -0.25) is 0 Å². The Morgan fingerprint density at radius 1 is 1.17 bits per heavy atom. The molecule has 0 unspecified atom stereocenters. The first-order chi connectivity index (χ1) is 17.2. The van der Waals surface area contributed by atoms with Gasteiger partial charge in [0.1, 0.15) is 0 Å². The quantitative estimate of drug-likeness (QED) is 0.349. The number of benzene rings is 1. The van der Waals surface area contributed by atoms with Crippen LogP contribution in [0.5, 0.6) is 0 Å². The van der Waals surface area contributed by atoms with Gasteiger partial charge in [-0.15, -0.1) is 0 Å². The zero-order valence-electron chi connectivity index (χ0n) is 22.7. The number of pyridine rings is 1. The third-order valence-electron chi connectivity index (χ3n) is 5.08. The second-order valence-electron chi connectivity index (χ2n) is 7.67. The minimum Gasteiger partial charge on any atom is -0.400 e. The molecule has 1 saturated heterocycles. The molecule has 2 heterocycles. The highest BCUT2D eigenvalue weighted by Gasteiger charge is 2.33. The number of fused-ring (bicyclic) bond motifs is 1. The van der Waals surface area contributed by atoms with Crippen molar-refractivity contribution in [2.75, 3.05) is 20.3 Å². The van der Waals surface area contributed by atoms with Gasteiger partial charge in [0, 0.05) is 36.7 Å². The third kappa shape index (κ3) is 9.48. The lowest BCUT2D eigenvalue weighted by Crippen LogP contribution is -2.43. The maximum absolute atomic E-state index is 13.6. The van der Waals surface area contributed by atoms with Crippen LogP contribution in [-0.4, -0.2) is 61.2 Å². The molecule has 206 valence electrons. The lowest BCUT2D eigenvalue weighted by Gasteiger charge is -2.29. The predicted molar refractivity (Wildman–Crippen MR) is 150 cm³/mol. The van der Waals surface area contributed by atoms with Gasteiger partial charge in [-0.25, -0.2) is 13.4 Å². The van der Waals surface area contributed by atoms with E-state index < -0.39 is 10.0 Å². The number of hydrogen-bond acceptors (Lipinski definition) is 6. The van der Waals surface area contributed by atoms with Crippen molar-refractivity contribution < 1.29 is 18.3 Å². The van der Waals surface area contributed by atoms with Crippen LogP contribution < -0.4 is 11.5 Å². The predicted octanol–water partition coefficient (Wildman–Crippen LogP) is 4.81. The molecule has 0 saturated carbocycles. The summed E-state index contributed by atoms with van der Waals surface area (Å²) in [7, 11) is -2.76. The van der Waals surface area contributed by atoms with Crippen LogP contribution in [0.25, 0.3) is 10.8 Å². The van der Waals surface area contributed by atoms with Crippen molar-refractivity contribution in [1.29, 1.82) is 0 Å². The monoisotopic (exact) mass is 545 g/mol. The van der Waals surface area contributed by atoms with Crippen LogP contribution in [0.15, 0.2) is 34.3 Å². The van der Waals surface area contributed by atoms with Crippen molar-refractivity contribution in [3.63, 3.8) is 0 Å². The van der Waals surface area contributed by atoms with E-state index in [1.807, 2.05) is 41.5 Å². The highest BCUT2D eigenvalue weighted by molar-refractivity contribution is 7.89. The smallest absolute Gasteiger partial charge is 0.243 e. The van der Waals surface area contributed by atoms with E-state index in [1.54, 1.807) is 16.4 Å². The number of sulfonamides is 1. The van der Waals surface area contributed by atoms with Gasteiger partial charge in [-0.1, -0.05) is 58.2 Å². The molecule has 0 aliphatic carbocycles. The first-order valence-corrected chi connectivity index (χ1v) is 14.3. The maximum atomic E-state index is 13.6. The standard InChI is InChI=1S/C20H28ClN5O3S.2C2H6.CH4O/c1-13(2)29-12-14-6-4-3-5-9-26(14)30(27,28)15-7-8-16-17(10-15)19(25-20(22)23)24-11-18(16)21;3*1-2/h7-8,10-11,13-14H,3-6,9,12H2,1-2H3,(H4,22,23,24,25);2*1-2H3;2H,1H3/t14-;;;/m1.../s1. The second kappa shape index (κ2) is 17.5. The van der Waals surface area contributed by atoms with Crippen molar-refractivity contribution in [3.8, 4) is 0 Å². The number of nitrogens with zero attached hydrogens (tertiary/aromatic N) is 3. The largest absolute Gasteiger partial charge is 0.400 e. The lowest BCUT2D eigenvalue weighted by molar-refractivity contribution is 0.0444. The van der Waals surface area contributed by atoms with E-state index in [0.29, 0.717) is 28.9 Å². The van der Waals surface area contributed by atoms with Crippen LogP contribution >= 0.6 is 11.6 Å². The Labute approximate surface area is 221 Å².